The Morgan fingerprint density at radius 1 is 1.33 bits per heavy atom. The van der Waals surface area contributed by atoms with Crippen LogP contribution >= 0.6 is 0 Å². The van der Waals surface area contributed by atoms with Crippen LogP contribution in [-0.2, 0) is 12.6 Å². The van der Waals surface area contributed by atoms with Crippen LogP contribution in [0.3, 0.4) is 0 Å². The molecule has 1 aromatic rings. The molecular formula is C13H16F3NO. The van der Waals surface area contributed by atoms with Gasteiger partial charge in [0, 0.05) is 5.54 Å². The zero-order chi connectivity index (χ0) is 13.4. The van der Waals surface area contributed by atoms with Crippen molar-refractivity contribution in [2.45, 2.75) is 37.4 Å². The van der Waals surface area contributed by atoms with E-state index in [1.54, 1.807) is 0 Å². The van der Waals surface area contributed by atoms with Crippen LogP contribution in [0.25, 0.3) is 0 Å². The number of rotatable bonds is 4. The quantitative estimate of drug-likeness (QED) is 0.901. The summed E-state index contributed by atoms with van der Waals surface area (Å²) in [6.45, 7) is 0. The maximum absolute atomic E-state index is 12.7. The van der Waals surface area contributed by atoms with Crippen molar-refractivity contribution in [1.29, 1.82) is 0 Å². The molecule has 0 bridgehead atoms. The van der Waals surface area contributed by atoms with Gasteiger partial charge in [-0.3, -0.25) is 0 Å². The summed E-state index contributed by atoms with van der Waals surface area (Å²) >= 11 is 0. The van der Waals surface area contributed by atoms with Crippen LogP contribution < -0.4 is 10.5 Å². The monoisotopic (exact) mass is 259 g/mol. The van der Waals surface area contributed by atoms with Gasteiger partial charge in [-0.15, -0.1) is 0 Å². The summed E-state index contributed by atoms with van der Waals surface area (Å²) < 4.78 is 42.8. The van der Waals surface area contributed by atoms with Gasteiger partial charge in [0.25, 0.3) is 0 Å². The van der Waals surface area contributed by atoms with Gasteiger partial charge in [-0.25, -0.2) is 0 Å². The van der Waals surface area contributed by atoms with Crippen LogP contribution in [-0.4, -0.2) is 12.6 Å². The summed E-state index contributed by atoms with van der Waals surface area (Å²) in [5.41, 5.74) is 5.96. The van der Waals surface area contributed by atoms with Crippen molar-refractivity contribution in [3.8, 4) is 5.75 Å². The highest BCUT2D eigenvalue weighted by Gasteiger charge is 2.37. The molecule has 0 aromatic heterocycles. The lowest BCUT2D eigenvalue weighted by Crippen LogP contribution is -2.22. The predicted molar refractivity (Wildman–Crippen MR) is 62.5 cm³/mol. The summed E-state index contributed by atoms with van der Waals surface area (Å²) in [7, 11) is 1.25. The summed E-state index contributed by atoms with van der Waals surface area (Å²) in [6, 6.07) is 4.02. The molecule has 18 heavy (non-hydrogen) atoms. The van der Waals surface area contributed by atoms with E-state index in [2.05, 4.69) is 0 Å². The highest BCUT2D eigenvalue weighted by atomic mass is 19.4. The number of alkyl halides is 3. The molecule has 0 atom stereocenters. The third-order valence-corrected chi connectivity index (χ3v) is 3.38. The maximum atomic E-state index is 12.7. The SMILES string of the molecule is COc1cc(CCC2(N)CC2)ccc1C(F)(F)F. The smallest absolute Gasteiger partial charge is 0.419 e. The van der Waals surface area contributed by atoms with E-state index >= 15 is 0 Å². The van der Waals surface area contributed by atoms with Crippen molar-refractivity contribution in [3.63, 3.8) is 0 Å². The van der Waals surface area contributed by atoms with Crippen molar-refractivity contribution < 1.29 is 17.9 Å². The molecule has 2 N–H and O–H groups in total. The Morgan fingerprint density at radius 3 is 2.50 bits per heavy atom. The summed E-state index contributed by atoms with van der Waals surface area (Å²) in [5, 5.41) is 0. The fraction of sp³-hybridized carbons (Fsp3) is 0.538. The minimum absolute atomic E-state index is 0.0874. The van der Waals surface area contributed by atoms with Crippen molar-refractivity contribution in [1.82, 2.24) is 0 Å². The summed E-state index contributed by atoms with van der Waals surface area (Å²) in [4.78, 5) is 0. The molecule has 0 saturated heterocycles. The van der Waals surface area contributed by atoms with Gasteiger partial charge in [-0.05, 0) is 43.4 Å². The second-order valence-corrected chi connectivity index (χ2v) is 4.89. The highest BCUT2D eigenvalue weighted by molar-refractivity contribution is 5.39. The van der Waals surface area contributed by atoms with Gasteiger partial charge < -0.3 is 10.5 Å². The number of methoxy groups -OCH3 is 1. The number of benzene rings is 1. The Kier molecular flexibility index (Phi) is 3.27. The molecule has 1 fully saturated rings. The molecule has 1 saturated carbocycles. The third kappa shape index (κ3) is 2.96. The Hall–Kier alpha value is -1.23. The van der Waals surface area contributed by atoms with Crippen molar-refractivity contribution >= 4 is 0 Å². The van der Waals surface area contributed by atoms with Gasteiger partial charge in [0.2, 0.25) is 0 Å². The van der Waals surface area contributed by atoms with Gasteiger partial charge in [0.15, 0.2) is 0 Å². The van der Waals surface area contributed by atoms with Gasteiger partial charge in [0.1, 0.15) is 5.75 Å². The van der Waals surface area contributed by atoms with Gasteiger partial charge in [-0.2, -0.15) is 13.2 Å². The average Bonchev–Trinajstić information content (AvgIpc) is 3.04. The normalized spacial score (nSPS) is 17.6. The molecule has 2 rings (SSSR count). The first-order valence-corrected chi connectivity index (χ1v) is 5.87. The van der Waals surface area contributed by atoms with Crippen LogP contribution in [0.4, 0.5) is 13.2 Å². The van der Waals surface area contributed by atoms with Crippen LogP contribution in [0, 0.1) is 0 Å². The van der Waals surface area contributed by atoms with E-state index in [0.717, 1.165) is 30.9 Å². The molecular weight excluding hydrogens is 243 g/mol. The lowest BCUT2D eigenvalue weighted by molar-refractivity contribution is -0.138. The molecule has 1 aliphatic rings. The molecule has 0 radical (unpaired) electrons. The summed E-state index contributed by atoms with van der Waals surface area (Å²) in [6.07, 6.45) is -0.877. The topological polar surface area (TPSA) is 35.2 Å². The van der Waals surface area contributed by atoms with Crippen LogP contribution in [0.2, 0.25) is 0 Å². The number of nitrogens with two attached hydrogens (primary N) is 1. The van der Waals surface area contributed by atoms with Crippen LogP contribution in [0.5, 0.6) is 5.75 Å². The zero-order valence-electron chi connectivity index (χ0n) is 10.2. The lowest BCUT2D eigenvalue weighted by Gasteiger charge is -2.14. The standard InChI is InChI=1S/C13H16F3NO/c1-18-11-8-9(4-5-12(17)6-7-12)2-3-10(11)13(14,15)16/h2-3,8H,4-7,17H2,1H3. The lowest BCUT2D eigenvalue weighted by atomic mass is 10.0. The Labute approximate surface area is 104 Å². The van der Waals surface area contributed by atoms with Gasteiger partial charge >= 0.3 is 6.18 Å². The first kappa shape index (κ1) is 13.2. The highest BCUT2D eigenvalue weighted by Crippen LogP contribution is 2.39. The van der Waals surface area contributed by atoms with Crippen molar-refractivity contribution in [2.24, 2.45) is 5.73 Å². The number of ether oxygens (including phenoxy) is 1. The van der Waals surface area contributed by atoms with E-state index in [-0.39, 0.29) is 11.3 Å². The molecule has 5 heteroatoms. The Morgan fingerprint density at radius 2 is 2.00 bits per heavy atom. The first-order valence-electron chi connectivity index (χ1n) is 5.87. The Balaban J connectivity index is 2.14. The molecule has 0 unspecified atom stereocenters. The number of hydrogen-bond acceptors (Lipinski definition) is 2. The minimum Gasteiger partial charge on any atom is -0.496 e. The van der Waals surface area contributed by atoms with E-state index in [0.29, 0.717) is 6.42 Å². The molecule has 0 amide bonds. The third-order valence-electron chi connectivity index (χ3n) is 3.38. The van der Waals surface area contributed by atoms with E-state index in [4.69, 9.17) is 10.5 Å². The van der Waals surface area contributed by atoms with Crippen molar-refractivity contribution in [3.05, 3.63) is 29.3 Å². The zero-order valence-corrected chi connectivity index (χ0v) is 10.2. The van der Waals surface area contributed by atoms with Crippen LogP contribution in [0.15, 0.2) is 18.2 Å². The van der Waals surface area contributed by atoms with E-state index in [1.807, 2.05) is 0 Å². The second-order valence-electron chi connectivity index (χ2n) is 4.89. The molecule has 1 aliphatic carbocycles. The van der Waals surface area contributed by atoms with Crippen LogP contribution in [0.1, 0.15) is 30.4 Å². The van der Waals surface area contributed by atoms with Gasteiger partial charge in [-0.1, -0.05) is 6.07 Å². The first-order chi connectivity index (χ1) is 8.34. The average molecular weight is 259 g/mol. The maximum Gasteiger partial charge on any atom is 0.419 e. The molecule has 100 valence electrons. The Bertz CT molecular complexity index is 438. The molecule has 0 spiro atoms. The minimum atomic E-state index is -4.38. The molecule has 1 aromatic carbocycles. The predicted octanol–water partition coefficient (Wildman–Crippen LogP) is 3.14. The molecule has 0 heterocycles. The number of hydrogen-bond donors (Lipinski definition) is 1. The van der Waals surface area contributed by atoms with Gasteiger partial charge in [0.05, 0.1) is 12.7 Å². The van der Waals surface area contributed by atoms with E-state index < -0.39 is 11.7 Å². The number of aryl methyl sites for hydroxylation is 1. The molecule has 2 nitrogen and oxygen atoms in total. The largest absolute Gasteiger partial charge is 0.496 e. The fourth-order valence-corrected chi connectivity index (χ4v) is 1.93. The second kappa shape index (κ2) is 4.46. The summed E-state index contributed by atoms with van der Waals surface area (Å²) in [5.74, 6) is -0.123. The fourth-order valence-electron chi connectivity index (χ4n) is 1.93. The number of halogens is 3. The van der Waals surface area contributed by atoms with E-state index in [9.17, 15) is 13.2 Å². The van der Waals surface area contributed by atoms with E-state index in [1.165, 1.54) is 19.2 Å². The molecule has 0 aliphatic heterocycles. The van der Waals surface area contributed by atoms with Crippen molar-refractivity contribution in [2.75, 3.05) is 7.11 Å².